The summed E-state index contributed by atoms with van der Waals surface area (Å²) in [4.78, 5) is 2.41. The molecule has 0 bridgehead atoms. The van der Waals surface area contributed by atoms with Crippen LogP contribution >= 0.6 is 0 Å². The predicted molar refractivity (Wildman–Crippen MR) is 49.4 cm³/mol. The second-order valence-electron chi connectivity index (χ2n) is 4.66. The van der Waals surface area contributed by atoms with E-state index in [9.17, 15) is 0 Å². The van der Waals surface area contributed by atoms with E-state index in [0.717, 1.165) is 5.92 Å². The molecule has 0 N–H and O–H groups in total. The third-order valence-electron chi connectivity index (χ3n) is 2.27. The monoisotopic (exact) mass is 153 g/mol. The molecule has 0 saturated carbocycles. The molecule has 1 atom stereocenters. The maximum Gasteiger partial charge on any atom is 0.0314 e. The zero-order valence-electron chi connectivity index (χ0n) is 8.15. The van der Waals surface area contributed by atoms with Crippen molar-refractivity contribution in [3.8, 4) is 0 Å². The molecule has 1 heteroatoms. The molecule has 0 radical (unpaired) electrons. The topological polar surface area (TPSA) is 3.24 Å². The lowest BCUT2D eigenvalue weighted by atomic mass is 10.1. The molecule has 1 aliphatic heterocycles. The van der Waals surface area contributed by atoms with Gasteiger partial charge in [0.25, 0.3) is 0 Å². The Morgan fingerprint density at radius 3 is 2.18 bits per heavy atom. The summed E-state index contributed by atoms with van der Waals surface area (Å²) in [5, 5.41) is 0. The summed E-state index contributed by atoms with van der Waals surface area (Å²) in [5.41, 5.74) is 1.58. The largest absolute Gasteiger partial charge is 0.370 e. The summed E-state index contributed by atoms with van der Waals surface area (Å²) >= 11 is 0. The van der Waals surface area contributed by atoms with Gasteiger partial charge in [-0.2, -0.15) is 0 Å². The van der Waals surface area contributed by atoms with E-state index < -0.39 is 0 Å². The lowest BCUT2D eigenvalue weighted by molar-refractivity contribution is 0.204. The van der Waals surface area contributed by atoms with Gasteiger partial charge in [0, 0.05) is 17.8 Å². The van der Waals surface area contributed by atoms with Gasteiger partial charge < -0.3 is 4.90 Å². The Morgan fingerprint density at radius 2 is 2.00 bits per heavy atom. The molecule has 0 aliphatic carbocycles. The maximum absolute atomic E-state index is 4.08. The summed E-state index contributed by atoms with van der Waals surface area (Å²) < 4.78 is 0. The van der Waals surface area contributed by atoms with E-state index >= 15 is 0 Å². The lowest BCUT2D eigenvalue weighted by Crippen LogP contribution is -2.38. The van der Waals surface area contributed by atoms with Gasteiger partial charge in [-0.1, -0.05) is 13.5 Å². The first-order valence-electron chi connectivity index (χ1n) is 4.36. The molecule has 64 valence electrons. The zero-order chi connectivity index (χ0) is 8.65. The lowest BCUT2D eigenvalue weighted by Gasteiger charge is -2.34. The molecule has 0 aromatic rings. The van der Waals surface area contributed by atoms with Crippen molar-refractivity contribution in [2.75, 3.05) is 6.54 Å². The Morgan fingerprint density at radius 1 is 1.45 bits per heavy atom. The standard InChI is InChI=1S/C10H19N/c1-8-6-9(2)11(7-8)10(3,4)5/h8H,2,6-7H2,1,3-5H3. The molecular formula is C10H19N. The maximum atomic E-state index is 4.08. The van der Waals surface area contributed by atoms with E-state index in [0.29, 0.717) is 0 Å². The van der Waals surface area contributed by atoms with Crippen molar-refractivity contribution in [2.45, 2.75) is 39.7 Å². The van der Waals surface area contributed by atoms with Crippen LogP contribution in [0.1, 0.15) is 34.1 Å². The highest BCUT2D eigenvalue weighted by molar-refractivity contribution is 5.06. The Bertz CT molecular complexity index is 164. The van der Waals surface area contributed by atoms with Gasteiger partial charge in [0.1, 0.15) is 0 Å². The quantitative estimate of drug-likeness (QED) is 0.517. The van der Waals surface area contributed by atoms with E-state index in [1.54, 1.807) is 0 Å². The van der Waals surface area contributed by atoms with Crippen molar-refractivity contribution in [1.82, 2.24) is 4.90 Å². The SMILES string of the molecule is C=C1CC(C)CN1C(C)(C)C. The number of nitrogens with zero attached hydrogens (tertiary/aromatic N) is 1. The third kappa shape index (κ3) is 1.76. The molecule has 1 unspecified atom stereocenters. The normalized spacial score (nSPS) is 26.4. The van der Waals surface area contributed by atoms with E-state index in [1.807, 2.05) is 0 Å². The summed E-state index contributed by atoms with van der Waals surface area (Å²) in [7, 11) is 0. The minimum absolute atomic E-state index is 0.266. The molecule has 1 heterocycles. The summed E-state index contributed by atoms with van der Waals surface area (Å²) in [6.45, 7) is 14.3. The van der Waals surface area contributed by atoms with Crippen LogP contribution in [0.3, 0.4) is 0 Å². The number of hydrogen-bond donors (Lipinski definition) is 0. The Balaban J connectivity index is 2.68. The Hall–Kier alpha value is -0.460. The van der Waals surface area contributed by atoms with Crippen molar-refractivity contribution < 1.29 is 0 Å². The third-order valence-corrected chi connectivity index (χ3v) is 2.27. The van der Waals surface area contributed by atoms with E-state index in [-0.39, 0.29) is 5.54 Å². The second kappa shape index (κ2) is 2.54. The van der Waals surface area contributed by atoms with E-state index in [1.165, 1.54) is 18.7 Å². The van der Waals surface area contributed by atoms with Crippen LogP contribution in [0.15, 0.2) is 12.3 Å². The van der Waals surface area contributed by atoms with Crippen LogP contribution in [0.2, 0.25) is 0 Å². The minimum Gasteiger partial charge on any atom is -0.370 e. The van der Waals surface area contributed by atoms with Gasteiger partial charge in [-0.05, 0) is 33.1 Å². The first-order valence-corrected chi connectivity index (χ1v) is 4.36. The zero-order valence-corrected chi connectivity index (χ0v) is 8.15. The number of rotatable bonds is 0. The Labute approximate surface area is 70.1 Å². The fourth-order valence-corrected chi connectivity index (χ4v) is 1.77. The summed E-state index contributed by atoms with van der Waals surface area (Å²) in [6.07, 6.45) is 1.18. The molecule has 0 aromatic carbocycles. The molecule has 1 nitrogen and oxygen atoms in total. The number of allylic oxidation sites excluding steroid dienone is 1. The second-order valence-corrected chi connectivity index (χ2v) is 4.66. The van der Waals surface area contributed by atoms with Gasteiger partial charge >= 0.3 is 0 Å². The Kier molecular flexibility index (Phi) is 2.00. The molecule has 1 fully saturated rings. The number of hydrogen-bond acceptors (Lipinski definition) is 1. The van der Waals surface area contributed by atoms with Crippen LogP contribution < -0.4 is 0 Å². The molecule has 1 rings (SSSR count). The van der Waals surface area contributed by atoms with Crippen LogP contribution in [0.25, 0.3) is 0 Å². The van der Waals surface area contributed by atoms with Crippen LogP contribution in [0.5, 0.6) is 0 Å². The molecule has 0 aromatic heterocycles. The van der Waals surface area contributed by atoms with Crippen molar-refractivity contribution in [1.29, 1.82) is 0 Å². The fraction of sp³-hybridized carbons (Fsp3) is 0.800. The first kappa shape index (κ1) is 8.63. The van der Waals surface area contributed by atoms with Gasteiger partial charge in [0.05, 0.1) is 0 Å². The highest BCUT2D eigenvalue weighted by Gasteiger charge is 2.29. The fourth-order valence-electron chi connectivity index (χ4n) is 1.77. The van der Waals surface area contributed by atoms with Gasteiger partial charge in [0.15, 0.2) is 0 Å². The molecule has 1 aliphatic rings. The molecular weight excluding hydrogens is 134 g/mol. The average Bonchev–Trinajstić information content (AvgIpc) is 2.08. The molecule has 1 saturated heterocycles. The minimum atomic E-state index is 0.266. The predicted octanol–water partition coefficient (Wildman–Crippen LogP) is 2.64. The van der Waals surface area contributed by atoms with Gasteiger partial charge in [-0.25, -0.2) is 0 Å². The van der Waals surface area contributed by atoms with Crippen molar-refractivity contribution in [3.05, 3.63) is 12.3 Å². The van der Waals surface area contributed by atoms with Crippen molar-refractivity contribution in [2.24, 2.45) is 5.92 Å². The van der Waals surface area contributed by atoms with Crippen LogP contribution in [0.4, 0.5) is 0 Å². The molecule has 0 amide bonds. The van der Waals surface area contributed by atoms with Gasteiger partial charge in [-0.3, -0.25) is 0 Å². The molecule has 0 spiro atoms. The highest BCUT2D eigenvalue weighted by Crippen LogP contribution is 2.31. The van der Waals surface area contributed by atoms with E-state index in [4.69, 9.17) is 0 Å². The van der Waals surface area contributed by atoms with Crippen LogP contribution in [-0.4, -0.2) is 17.0 Å². The van der Waals surface area contributed by atoms with E-state index in [2.05, 4.69) is 39.2 Å². The van der Waals surface area contributed by atoms with Crippen LogP contribution in [-0.2, 0) is 0 Å². The number of likely N-dealkylation sites (tertiary alicyclic amines) is 1. The van der Waals surface area contributed by atoms with Gasteiger partial charge in [-0.15, -0.1) is 0 Å². The van der Waals surface area contributed by atoms with Crippen LogP contribution in [0, 0.1) is 5.92 Å². The van der Waals surface area contributed by atoms with Gasteiger partial charge in [0.2, 0.25) is 0 Å². The first-order chi connectivity index (χ1) is 4.91. The van der Waals surface area contributed by atoms with Crippen molar-refractivity contribution >= 4 is 0 Å². The smallest absolute Gasteiger partial charge is 0.0314 e. The van der Waals surface area contributed by atoms with Crippen molar-refractivity contribution in [3.63, 3.8) is 0 Å². The summed E-state index contributed by atoms with van der Waals surface area (Å²) in [5.74, 6) is 0.793. The molecule has 11 heavy (non-hydrogen) atoms. The summed E-state index contributed by atoms with van der Waals surface area (Å²) in [6, 6.07) is 0. The average molecular weight is 153 g/mol. The highest BCUT2D eigenvalue weighted by atomic mass is 15.2.